The fourth-order valence-electron chi connectivity index (χ4n) is 0.980. The number of rotatable bonds is 2. The first-order valence-corrected chi connectivity index (χ1v) is 4.99. The van der Waals surface area contributed by atoms with Gasteiger partial charge in [-0.2, -0.15) is 8.42 Å². The molecule has 0 heterocycles. The van der Waals surface area contributed by atoms with Crippen LogP contribution >= 0.6 is 0 Å². The van der Waals surface area contributed by atoms with Gasteiger partial charge < -0.3 is 5.11 Å². The molecule has 0 aromatic carbocycles. The second-order valence-electron chi connectivity index (χ2n) is 2.61. The Bertz CT molecular complexity index is 376. The Morgan fingerprint density at radius 2 is 2.15 bits per heavy atom. The van der Waals surface area contributed by atoms with Crippen LogP contribution in [0.1, 0.15) is 6.42 Å². The van der Waals surface area contributed by atoms with Crippen LogP contribution in [0.5, 0.6) is 0 Å². The SMILES string of the molecule is O=C(O)C1=CCC(S(=O)(=O)O)C=C1. The molecule has 0 saturated heterocycles. The molecule has 0 aliphatic heterocycles. The van der Waals surface area contributed by atoms with Crippen LogP contribution in [0.4, 0.5) is 0 Å². The largest absolute Gasteiger partial charge is 0.478 e. The van der Waals surface area contributed by atoms with Gasteiger partial charge in [0.15, 0.2) is 0 Å². The molecule has 0 spiro atoms. The molecule has 0 radical (unpaired) electrons. The lowest BCUT2D eigenvalue weighted by molar-refractivity contribution is -0.132. The zero-order chi connectivity index (χ0) is 10.1. The van der Waals surface area contributed by atoms with Crippen molar-refractivity contribution in [1.82, 2.24) is 0 Å². The van der Waals surface area contributed by atoms with Crippen molar-refractivity contribution in [1.29, 1.82) is 0 Å². The van der Waals surface area contributed by atoms with Crippen molar-refractivity contribution < 1.29 is 22.9 Å². The van der Waals surface area contributed by atoms with E-state index in [0.717, 1.165) is 0 Å². The molecular formula is C7H8O5S. The highest BCUT2D eigenvalue weighted by atomic mass is 32.2. The van der Waals surface area contributed by atoms with E-state index in [0.29, 0.717) is 0 Å². The van der Waals surface area contributed by atoms with Crippen LogP contribution in [0.3, 0.4) is 0 Å². The minimum Gasteiger partial charge on any atom is -0.478 e. The standard InChI is InChI=1S/C7H8O5S/c8-7(9)5-1-3-6(4-2-5)13(10,11)12/h1-3,6H,4H2,(H,8,9)(H,10,11,12). The van der Waals surface area contributed by atoms with Gasteiger partial charge >= 0.3 is 5.97 Å². The number of carboxylic acid groups (broad SMARTS) is 1. The normalized spacial score (nSPS) is 22.5. The third-order valence-electron chi connectivity index (χ3n) is 1.69. The summed E-state index contributed by atoms with van der Waals surface area (Å²) >= 11 is 0. The van der Waals surface area contributed by atoms with E-state index in [9.17, 15) is 13.2 Å². The summed E-state index contributed by atoms with van der Waals surface area (Å²) in [7, 11) is -4.10. The van der Waals surface area contributed by atoms with Crippen LogP contribution in [0.2, 0.25) is 0 Å². The summed E-state index contributed by atoms with van der Waals surface area (Å²) in [4.78, 5) is 10.4. The van der Waals surface area contributed by atoms with E-state index in [2.05, 4.69) is 0 Å². The monoisotopic (exact) mass is 204 g/mol. The Balaban J connectivity index is 2.81. The van der Waals surface area contributed by atoms with Gasteiger partial charge in [-0.3, -0.25) is 4.55 Å². The summed E-state index contributed by atoms with van der Waals surface area (Å²) in [6, 6.07) is 0. The van der Waals surface area contributed by atoms with Crippen molar-refractivity contribution in [2.24, 2.45) is 0 Å². The second kappa shape index (κ2) is 3.31. The highest BCUT2D eigenvalue weighted by Gasteiger charge is 2.22. The highest BCUT2D eigenvalue weighted by molar-refractivity contribution is 7.86. The van der Waals surface area contributed by atoms with E-state index in [4.69, 9.17) is 9.66 Å². The molecule has 1 unspecified atom stereocenters. The summed E-state index contributed by atoms with van der Waals surface area (Å²) in [6.45, 7) is 0. The molecule has 0 aromatic heterocycles. The molecule has 13 heavy (non-hydrogen) atoms. The predicted molar refractivity (Wildman–Crippen MR) is 44.8 cm³/mol. The van der Waals surface area contributed by atoms with E-state index in [1.165, 1.54) is 18.2 Å². The first-order chi connectivity index (χ1) is 5.91. The molecule has 0 amide bonds. The quantitative estimate of drug-likeness (QED) is 0.627. The highest BCUT2D eigenvalue weighted by Crippen LogP contribution is 2.16. The fourth-order valence-corrected chi connectivity index (χ4v) is 1.60. The molecule has 2 N–H and O–H groups in total. The van der Waals surface area contributed by atoms with Gasteiger partial charge in [-0.15, -0.1) is 0 Å². The Morgan fingerprint density at radius 1 is 1.54 bits per heavy atom. The van der Waals surface area contributed by atoms with Gasteiger partial charge in [0.1, 0.15) is 5.25 Å². The third-order valence-corrected chi connectivity index (χ3v) is 2.80. The molecule has 0 fully saturated rings. The van der Waals surface area contributed by atoms with Crippen molar-refractivity contribution in [2.75, 3.05) is 0 Å². The number of aliphatic carboxylic acids is 1. The number of allylic oxidation sites excluding steroid dienone is 1. The molecular weight excluding hydrogens is 196 g/mol. The summed E-state index contributed by atoms with van der Waals surface area (Å²) < 4.78 is 29.8. The molecule has 6 heteroatoms. The van der Waals surface area contributed by atoms with E-state index < -0.39 is 21.3 Å². The van der Waals surface area contributed by atoms with Crippen molar-refractivity contribution in [2.45, 2.75) is 11.7 Å². The minimum atomic E-state index is -4.10. The number of hydrogen-bond acceptors (Lipinski definition) is 3. The summed E-state index contributed by atoms with van der Waals surface area (Å²) in [5, 5.41) is 7.48. The van der Waals surface area contributed by atoms with Crippen molar-refractivity contribution in [3.8, 4) is 0 Å². The maximum Gasteiger partial charge on any atom is 0.335 e. The van der Waals surface area contributed by atoms with Crippen LogP contribution in [0, 0.1) is 0 Å². The number of carbonyl (C=O) groups is 1. The predicted octanol–water partition coefficient (Wildman–Crippen LogP) is 0.214. The average Bonchev–Trinajstić information content (AvgIpc) is 2.03. The smallest absolute Gasteiger partial charge is 0.335 e. The average molecular weight is 204 g/mol. The molecule has 0 aromatic rings. The second-order valence-corrected chi connectivity index (χ2v) is 4.25. The van der Waals surface area contributed by atoms with Crippen LogP contribution in [-0.2, 0) is 14.9 Å². The van der Waals surface area contributed by atoms with E-state index in [-0.39, 0.29) is 12.0 Å². The molecule has 0 bridgehead atoms. The lowest BCUT2D eigenvalue weighted by Gasteiger charge is -2.10. The molecule has 72 valence electrons. The molecule has 1 aliphatic carbocycles. The molecule has 1 atom stereocenters. The topological polar surface area (TPSA) is 91.7 Å². The van der Waals surface area contributed by atoms with Crippen molar-refractivity contribution >= 4 is 16.1 Å². The Kier molecular flexibility index (Phi) is 2.53. The Morgan fingerprint density at radius 3 is 2.46 bits per heavy atom. The maximum absolute atomic E-state index is 10.6. The lowest BCUT2D eigenvalue weighted by Crippen LogP contribution is -2.19. The van der Waals surface area contributed by atoms with Crippen molar-refractivity contribution in [3.05, 3.63) is 23.8 Å². The third kappa shape index (κ3) is 2.40. The lowest BCUT2D eigenvalue weighted by atomic mass is 10.1. The Hall–Kier alpha value is -1.14. The van der Waals surface area contributed by atoms with Crippen LogP contribution in [0.25, 0.3) is 0 Å². The van der Waals surface area contributed by atoms with Gasteiger partial charge in [0.25, 0.3) is 10.1 Å². The van der Waals surface area contributed by atoms with E-state index >= 15 is 0 Å². The molecule has 0 saturated carbocycles. The van der Waals surface area contributed by atoms with Gasteiger partial charge in [0.05, 0.1) is 5.57 Å². The van der Waals surface area contributed by atoms with Gasteiger partial charge in [-0.05, 0) is 6.42 Å². The first kappa shape index (κ1) is 9.94. The summed E-state index contributed by atoms with van der Waals surface area (Å²) in [6.07, 6.45) is 3.60. The fraction of sp³-hybridized carbons (Fsp3) is 0.286. The summed E-state index contributed by atoms with van der Waals surface area (Å²) in [5.41, 5.74) is 0.0416. The number of hydrogen-bond donors (Lipinski definition) is 2. The van der Waals surface area contributed by atoms with Crippen molar-refractivity contribution in [3.63, 3.8) is 0 Å². The van der Waals surface area contributed by atoms with Gasteiger partial charge in [0, 0.05) is 0 Å². The zero-order valence-electron chi connectivity index (χ0n) is 6.54. The molecule has 1 rings (SSSR count). The van der Waals surface area contributed by atoms with E-state index in [1.54, 1.807) is 0 Å². The molecule has 1 aliphatic rings. The van der Waals surface area contributed by atoms with Gasteiger partial charge in [-0.25, -0.2) is 4.79 Å². The van der Waals surface area contributed by atoms with Crippen LogP contribution in [-0.4, -0.2) is 29.3 Å². The zero-order valence-corrected chi connectivity index (χ0v) is 7.36. The minimum absolute atomic E-state index is 0.00301. The number of carboxylic acids is 1. The van der Waals surface area contributed by atoms with Gasteiger partial charge in [0.2, 0.25) is 0 Å². The van der Waals surface area contributed by atoms with E-state index in [1.807, 2.05) is 0 Å². The Labute approximate surface area is 75.1 Å². The summed E-state index contributed by atoms with van der Waals surface area (Å²) in [5.74, 6) is -1.11. The molecule has 5 nitrogen and oxygen atoms in total. The van der Waals surface area contributed by atoms with Gasteiger partial charge in [-0.1, -0.05) is 18.2 Å². The van der Waals surface area contributed by atoms with Crippen LogP contribution < -0.4 is 0 Å². The van der Waals surface area contributed by atoms with Crippen LogP contribution in [0.15, 0.2) is 23.8 Å². The first-order valence-electron chi connectivity index (χ1n) is 3.49. The maximum atomic E-state index is 10.6.